The van der Waals surface area contributed by atoms with Crippen LogP contribution in [0, 0.1) is 12.7 Å². The summed E-state index contributed by atoms with van der Waals surface area (Å²) in [6.45, 7) is 12.7. The number of amidine groups is 1. The second kappa shape index (κ2) is 13.3. The number of nitrogens with zero attached hydrogens (tertiary/aromatic N) is 5. The molecule has 0 atom stereocenters. The van der Waals surface area contributed by atoms with Gasteiger partial charge in [0.25, 0.3) is 0 Å². The maximum absolute atomic E-state index is 14.8. The van der Waals surface area contributed by atoms with Crippen molar-refractivity contribution in [2.24, 2.45) is 9.98 Å². The Hall–Kier alpha value is -4.60. The number of anilines is 2. The number of aliphatic imine (C=N–C) groups is 2. The molecule has 0 saturated carbocycles. The Bertz CT molecular complexity index is 1420. The fraction of sp³-hybridized carbons (Fsp3) is 0.276. The normalized spacial score (nSPS) is 14.2. The van der Waals surface area contributed by atoms with Crippen molar-refractivity contribution in [3.8, 4) is 5.75 Å². The molecule has 1 aliphatic rings. The minimum absolute atomic E-state index is 0.0521. The average Bonchev–Trinajstić information content (AvgIpc) is 3.64. The van der Waals surface area contributed by atoms with Crippen LogP contribution in [0.15, 0.2) is 82.7 Å². The molecule has 1 fully saturated rings. The van der Waals surface area contributed by atoms with Crippen LogP contribution in [0.4, 0.5) is 15.9 Å². The van der Waals surface area contributed by atoms with E-state index in [1.165, 1.54) is 5.69 Å². The van der Waals surface area contributed by atoms with Crippen LogP contribution in [0.2, 0.25) is 0 Å². The number of fused-ring (bicyclic) bond motifs is 1. The molecule has 5 rings (SSSR count). The van der Waals surface area contributed by atoms with E-state index in [0.29, 0.717) is 22.9 Å². The van der Waals surface area contributed by atoms with Gasteiger partial charge >= 0.3 is 0 Å². The highest BCUT2D eigenvalue weighted by Crippen LogP contribution is 2.25. The van der Waals surface area contributed by atoms with Crippen molar-refractivity contribution in [1.82, 2.24) is 20.1 Å². The van der Waals surface area contributed by atoms with Crippen LogP contribution in [-0.2, 0) is 0 Å². The molecule has 2 aromatic carbocycles. The predicted molar refractivity (Wildman–Crippen MR) is 157 cm³/mol. The van der Waals surface area contributed by atoms with Crippen LogP contribution in [0.3, 0.4) is 0 Å². The summed E-state index contributed by atoms with van der Waals surface area (Å²) in [6.07, 6.45) is 3.51. The zero-order valence-corrected chi connectivity index (χ0v) is 22.6. The highest BCUT2D eigenvalue weighted by atomic mass is 19.1. The molecule has 204 valence electrons. The Balaban J connectivity index is 0.00000172. The number of aromatic nitrogens is 3. The summed E-state index contributed by atoms with van der Waals surface area (Å²) in [5, 5.41) is 10.7. The Labute approximate surface area is 228 Å². The number of ether oxygens (including phenoxy) is 1. The highest BCUT2D eigenvalue weighted by molar-refractivity contribution is 5.94. The van der Waals surface area contributed by atoms with E-state index in [4.69, 9.17) is 4.74 Å². The van der Waals surface area contributed by atoms with Crippen LogP contribution in [0.1, 0.15) is 19.5 Å². The standard InChI is InChI=1S/C27H29FN8O.C2H6/c1-19-16-25(34-33-19)32-24(29-2)17-26(36-14-12-35(13-15-36)20-6-4-3-5-7-20)31-18-37-23-9-8-22-21(27(23)28)10-11-30-22;1-2/h3-11,16-17,30H,2,12-15,18H2,1H3,(H2,32,33,34);1-2H3/b24-17+,31-26+;. The van der Waals surface area contributed by atoms with Gasteiger partial charge in [-0.3, -0.25) is 5.10 Å². The van der Waals surface area contributed by atoms with E-state index in [9.17, 15) is 4.39 Å². The molecule has 0 radical (unpaired) electrons. The number of nitrogens with one attached hydrogen (secondary N) is 3. The van der Waals surface area contributed by atoms with E-state index >= 15 is 0 Å². The maximum Gasteiger partial charge on any atom is 0.181 e. The van der Waals surface area contributed by atoms with Gasteiger partial charge in [0.1, 0.15) is 11.7 Å². The number of aromatic amines is 2. The van der Waals surface area contributed by atoms with Gasteiger partial charge in [-0.25, -0.2) is 14.4 Å². The van der Waals surface area contributed by atoms with E-state index < -0.39 is 5.82 Å². The number of halogens is 1. The second-order valence-electron chi connectivity index (χ2n) is 8.66. The lowest BCUT2D eigenvalue weighted by Crippen LogP contribution is -2.48. The van der Waals surface area contributed by atoms with Gasteiger partial charge in [-0.05, 0) is 44.0 Å². The molecule has 2 aromatic heterocycles. The zero-order valence-electron chi connectivity index (χ0n) is 22.6. The lowest BCUT2D eigenvalue weighted by atomic mass is 10.2. The van der Waals surface area contributed by atoms with E-state index in [1.54, 1.807) is 24.4 Å². The van der Waals surface area contributed by atoms with Crippen LogP contribution >= 0.6 is 0 Å². The largest absolute Gasteiger partial charge is 0.468 e. The molecule has 0 unspecified atom stereocenters. The minimum Gasteiger partial charge on any atom is -0.468 e. The molecule has 1 saturated heterocycles. The van der Waals surface area contributed by atoms with Crippen LogP contribution in [0.5, 0.6) is 5.75 Å². The lowest BCUT2D eigenvalue weighted by Gasteiger charge is -2.37. The molecule has 10 heteroatoms. The third-order valence-corrected chi connectivity index (χ3v) is 6.20. The molecule has 39 heavy (non-hydrogen) atoms. The first-order valence-corrected chi connectivity index (χ1v) is 13.1. The summed E-state index contributed by atoms with van der Waals surface area (Å²) in [7, 11) is 0. The first-order chi connectivity index (χ1) is 19.1. The zero-order chi connectivity index (χ0) is 27.6. The van der Waals surface area contributed by atoms with Crippen LogP contribution in [0.25, 0.3) is 10.9 Å². The summed E-state index contributed by atoms with van der Waals surface area (Å²) in [6, 6.07) is 17.3. The fourth-order valence-corrected chi connectivity index (χ4v) is 4.28. The number of piperazine rings is 1. The quantitative estimate of drug-likeness (QED) is 0.204. The van der Waals surface area contributed by atoms with Gasteiger partial charge in [-0.15, -0.1) is 0 Å². The summed E-state index contributed by atoms with van der Waals surface area (Å²) in [5.74, 6) is 1.53. The third kappa shape index (κ3) is 6.84. The first-order valence-electron chi connectivity index (χ1n) is 13.1. The number of hydrogen-bond donors (Lipinski definition) is 3. The topological polar surface area (TPSA) is 96.9 Å². The summed E-state index contributed by atoms with van der Waals surface area (Å²) < 4.78 is 20.6. The van der Waals surface area contributed by atoms with E-state index in [0.717, 1.165) is 37.4 Å². The molecular weight excluding hydrogens is 495 g/mol. The monoisotopic (exact) mass is 530 g/mol. The van der Waals surface area contributed by atoms with Crippen molar-refractivity contribution >= 4 is 35.0 Å². The van der Waals surface area contributed by atoms with Gasteiger partial charge in [-0.2, -0.15) is 5.10 Å². The fourth-order valence-electron chi connectivity index (χ4n) is 4.28. The van der Waals surface area contributed by atoms with Crippen LogP contribution in [-0.4, -0.2) is 65.5 Å². The van der Waals surface area contributed by atoms with Crippen molar-refractivity contribution in [3.63, 3.8) is 0 Å². The van der Waals surface area contributed by atoms with Gasteiger partial charge in [0.15, 0.2) is 24.1 Å². The molecule has 9 nitrogen and oxygen atoms in total. The Kier molecular flexibility index (Phi) is 9.34. The number of H-pyrrole nitrogens is 2. The van der Waals surface area contributed by atoms with Gasteiger partial charge < -0.3 is 24.8 Å². The molecule has 3 N–H and O–H groups in total. The van der Waals surface area contributed by atoms with Crippen molar-refractivity contribution < 1.29 is 9.13 Å². The molecule has 4 aromatic rings. The third-order valence-electron chi connectivity index (χ3n) is 6.20. The maximum atomic E-state index is 14.8. The molecule has 1 aliphatic heterocycles. The van der Waals surface area contributed by atoms with Gasteiger partial charge in [0.05, 0.1) is 0 Å². The highest BCUT2D eigenvalue weighted by Gasteiger charge is 2.20. The van der Waals surface area contributed by atoms with Gasteiger partial charge in [0.2, 0.25) is 0 Å². The Morgan fingerprint density at radius 3 is 2.59 bits per heavy atom. The number of hydrogen-bond acceptors (Lipinski definition) is 6. The number of rotatable bonds is 8. The first kappa shape index (κ1) is 27.4. The van der Waals surface area contributed by atoms with Crippen molar-refractivity contribution in [3.05, 3.63) is 84.2 Å². The van der Waals surface area contributed by atoms with Gasteiger partial charge in [-0.1, -0.05) is 32.0 Å². The summed E-state index contributed by atoms with van der Waals surface area (Å²) >= 11 is 0. The summed E-state index contributed by atoms with van der Waals surface area (Å²) in [5.41, 5.74) is 2.83. The molecule has 0 bridgehead atoms. The molecule has 3 heterocycles. The lowest BCUT2D eigenvalue weighted by molar-refractivity contribution is 0.309. The van der Waals surface area contributed by atoms with Crippen molar-refractivity contribution in [1.29, 1.82) is 0 Å². The van der Waals surface area contributed by atoms with E-state index in [2.05, 4.69) is 59.1 Å². The SMILES string of the molecule is C=N/C(=C\C(=N/COc1ccc2[nH]ccc2c1F)N1CCN(c2ccccc2)CC1)Nc1cc(C)[nH]n1.CC. The number of benzene rings is 2. The van der Waals surface area contributed by atoms with Crippen molar-refractivity contribution in [2.45, 2.75) is 20.8 Å². The molecular formula is C29H35FN8O. The molecule has 0 aliphatic carbocycles. The van der Waals surface area contributed by atoms with E-state index in [-0.39, 0.29) is 12.5 Å². The molecule has 0 amide bonds. The summed E-state index contributed by atoms with van der Waals surface area (Å²) in [4.78, 5) is 16.3. The van der Waals surface area contributed by atoms with Crippen LogP contribution < -0.4 is 15.0 Å². The number of aryl methyl sites for hydroxylation is 1. The minimum atomic E-state index is -0.411. The Morgan fingerprint density at radius 2 is 1.90 bits per heavy atom. The second-order valence-corrected chi connectivity index (χ2v) is 8.66. The van der Waals surface area contributed by atoms with Crippen molar-refractivity contribution in [2.75, 3.05) is 43.1 Å². The predicted octanol–water partition coefficient (Wildman–Crippen LogP) is 5.58. The van der Waals surface area contributed by atoms with E-state index in [1.807, 2.05) is 51.1 Å². The van der Waals surface area contributed by atoms with Gasteiger partial charge in [0, 0.05) is 66.8 Å². The Morgan fingerprint density at radius 1 is 1.13 bits per heavy atom. The molecule has 0 spiro atoms. The number of para-hydroxylation sites is 1. The smallest absolute Gasteiger partial charge is 0.181 e. The average molecular weight is 531 g/mol.